The molecule has 0 aliphatic carbocycles. The minimum Gasteiger partial charge on any atom is -0.267 e. The van der Waals surface area contributed by atoms with Gasteiger partial charge in [0, 0.05) is 0 Å². The summed E-state index contributed by atoms with van der Waals surface area (Å²) in [6.07, 6.45) is 0. The van der Waals surface area contributed by atoms with Gasteiger partial charge in [0.1, 0.15) is 0 Å². The van der Waals surface area contributed by atoms with Crippen molar-refractivity contribution in [3.8, 4) is 0 Å². The maximum atomic E-state index is 11.4. The summed E-state index contributed by atoms with van der Waals surface area (Å²) in [5.74, 6) is 0. The Labute approximate surface area is 87.4 Å². The zero-order valence-electron chi connectivity index (χ0n) is 7.99. The SMILES string of the molecule is CCOS(=O)(=O)c1ccc(N(O)O)cc1. The second-order valence-corrected chi connectivity index (χ2v) is 4.26. The van der Waals surface area contributed by atoms with Crippen molar-refractivity contribution in [1.82, 2.24) is 0 Å². The number of anilines is 1. The first-order valence-electron chi connectivity index (χ1n) is 4.14. The molecule has 1 rings (SSSR count). The van der Waals surface area contributed by atoms with Gasteiger partial charge in [0.05, 0.1) is 17.2 Å². The highest BCUT2D eigenvalue weighted by atomic mass is 32.2. The second-order valence-electron chi connectivity index (χ2n) is 2.64. The average molecular weight is 233 g/mol. The lowest BCUT2D eigenvalue weighted by Gasteiger charge is -2.08. The zero-order chi connectivity index (χ0) is 11.5. The molecule has 0 aliphatic heterocycles. The van der Waals surface area contributed by atoms with Gasteiger partial charge in [-0.05, 0) is 31.2 Å². The van der Waals surface area contributed by atoms with E-state index in [-0.39, 0.29) is 22.4 Å². The number of nitrogens with zero attached hydrogens (tertiary/aromatic N) is 1. The molecule has 6 nitrogen and oxygen atoms in total. The lowest BCUT2D eigenvalue weighted by Crippen LogP contribution is -2.11. The Morgan fingerprint density at radius 2 is 1.80 bits per heavy atom. The van der Waals surface area contributed by atoms with Crippen LogP contribution in [0, 0.1) is 0 Å². The van der Waals surface area contributed by atoms with Crippen molar-refractivity contribution in [2.75, 3.05) is 11.8 Å². The van der Waals surface area contributed by atoms with E-state index in [1.165, 1.54) is 24.3 Å². The predicted octanol–water partition coefficient (Wildman–Crippen LogP) is 0.997. The van der Waals surface area contributed by atoms with E-state index in [1.807, 2.05) is 0 Å². The molecule has 0 fully saturated rings. The highest BCUT2D eigenvalue weighted by Gasteiger charge is 2.14. The number of hydrogen-bond donors (Lipinski definition) is 2. The highest BCUT2D eigenvalue weighted by molar-refractivity contribution is 7.86. The molecule has 0 aromatic heterocycles. The molecule has 0 bridgehead atoms. The molecule has 7 heteroatoms. The van der Waals surface area contributed by atoms with Crippen LogP contribution < -0.4 is 5.23 Å². The minimum absolute atomic E-state index is 0.0325. The number of benzene rings is 1. The third-order valence-corrected chi connectivity index (χ3v) is 3.02. The van der Waals surface area contributed by atoms with Crippen LogP contribution in [-0.2, 0) is 14.3 Å². The summed E-state index contributed by atoms with van der Waals surface area (Å²) < 4.78 is 27.3. The first-order chi connectivity index (χ1) is 6.97. The maximum absolute atomic E-state index is 11.4. The molecule has 0 radical (unpaired) electrons. The van der Waals surface area contributed by atoms with Gasteiger partial charge in [0.15, 0.2) is 0 Å². The van der Waals surface area contributed by atoms with Crippen LogP contribution in [-0.4, -0.2) is 25.4 Å². The van der Waals surface area contributed by atoms with Crippen molar-refractivity contribution in [1.29, 1.82) is 0 Å². The van der Waals surface area contributed by atoms with Gasteiger partial charge in [-0.2, -0.15) is 8.42 Å². The van der Waals surface area contributed by atoms with Crippen LogP contribution in [0.5, 0.6) is 0 Å². The zero-order valence-corrected chi connectivity index (χ0v) is 8.81. The molecular formula is C8H11NO5S. The summed E-state index contributed by atoms with van der Waals surface area (Å²) in [5.41, 5.74) is 0.0606. The van der Waals surface area contributed by atoms with Gasteiger partial charge in [-0.1, -0.05) is 0 Å². The Morgan fingerprint density at radius 1 is 1.27 bits per heavy atom. The van der Waals surface area contributed by atoms with Gasteiger partial charge in [0.25, 0.3) is 10.1 Å². The molecule has 0 spiro atoms. The summed E-state index contributed by atoms with van der Waals surface area (Å²) in [4.78, 5) is -0.0325. The smallest absolute Gasteiger partial charge is 0.267 e. The Balaban J connectivity index is 2.99. The van der Waals surface area contributed by atoms with E-state index in [1.54, 1.807) is 6.92 Å². The fourth-order valence-corrected chi connectivity index (χ4v) is 1.89. The average Bonchev–Trinajstić information content (AvgIpc) is 2.18. The molecule has 0 amide bonds. The highest BCUT2D eigenvalue weighted by Crippen LogP contribution is 2.17. The van der Waals surface area contributed by atoms with Crippen LogP contribution in [0.2, 0.25) is 0 Å². The van der Waals surface area contributed by atoms with Gasteiger partial charge in [-0.3, -0.25) is 14.6 Å². The second kappa shape index (κ2) is 4.58. The van der Waals surface area contributed by atoms with E-state index < -0.39 is 10.1 Å². The van der Waals surface area contributed by atoms with E-state index in [2.05, 4.69) is 4.18 Å². The molecule has 0 unspecified atom stereocenters. The Hall–Kier alpha value is -1.15. The quantitative estimate of drug-likeness (QED) is 0.596. The lowest BCUT2D eigenvalue weighted by molar-refractivity contribution is 0.0291. The van der Waals surface area contributed by atoms with Crippen LogP contribution in [0.25, 0.3) is 0 Å². The first-order valence-corrected chi connectivity index (χ1v) is 5.55. The van der Waals surface area contributed by atoms with Gasteiger partial charge in [-0.25, -0.2) is 0 Å². The van der Waals surface area contributed by atoms with E-state index in [0.717, 1.165) is 0 Å². The molecular weight excluding hydrogens is 222 g/mol. The van der Waals surface area contributed by atoms with E-state index in [4.69, 9.17) is 10.4 Å². The van der Waals surface area contributed by atoms with Gasteiger partial charge in [0.2, 0.25) is 0 Å². The lowest BCUT2D eigenvalue weighted by atomic mass is 10.3. The normalized spacial score (nSPS) is 11.4. The Bertz CT molecular complexity index is 411. The van der Waals surface area contributed by atoms with Crippen LogP contribution in [0.3, 0.4) is 0 Å². The van der Waals surface area contributed by atoms with E-state index >= 15 is 0 Å². The topological polar surface area (TPSA) is 87.1 Å². The number of rotatable bonds is 4. The first kappa shape index (κ1) is 11.9. The summed E-state index contributed by atoms with van der Waals surface area (Å²) in [7, 11) is -3.73. The maximum Gasteiger partial charge on any atom is 0.296 e. The summed E-state index contributed by atoms with van der Waals surface area (Å²) in [6.45, 7) is 1.62. The van der Waals surface area contributed by atoms with Crippen LogP contribution >= 0.6 is 0 Å². The third-order valence-electron chi connectivity index (χ3n) is 1.63. The fourth-order valence-electron chi connectivity index (χ4n) is 0.969. The van der Waals surface area contributed by atoms with Crippen molar-refractivity contribution < 1.29 is 23.0 Å². The van der Waals surface area contributed by atoms with Crippen LogP contribution in [0.4, 0.5) is 5.69 Å². The van der Waals surface area contributed by atoms with Crippen molar-refractivity contribution in [2.45, 2.75) is 11.8 Å². The summed E-state index contributed by atoms with van der Waals surface area (Å²) in [5, 5.41) is 17.2. The van der Waals surface area contributed by atoms with Gasteiger partial charge in [-0.15, -0.1) is 5.23 Å². The molecule has 0 saturated carbocycles. The van der Waals surface area contributed by atoms with Crippen molar-refractivity contribution in [3.63, 3.8) is 0 Å². The number of hydrogen-bond acceptors (Lipinski definition) is 6. The molecule has 1 aromatic carbocycles. The molecule has 0 heterocycles. The minimum atomic E-state index is -3.73. The van der Waals surface area contributed by atoms with Gasteiger partial charge < -0.3 is 0 Å². The Morgan fingerprint density at radius 3 is 2.20 bits per heavy atom. The van der Waals surface area contributed by atoms with Crippen molar-refractivity contribution in [2.24, 2.45) is 0 Å². The van der Waals surface area contributed by atoms with E-state index in [9.17, 15) is 8.42 Å². The Kier molecular flexibility index (Phi) is 3.64. The van der Waals surface area contributed by atoms with E-state index in [0.29, 0.717) is 0 Å². The molecule has 15 heavy (non-hydrogen) atoms. The molecule has 1 aromatic rings. The van der Waals surface area contributed by atoms with Crippen LogP contribution in [0.1, 0.15) is 6.92 Å². The molecule has 0 saturated heterocycles. The van der Waals surface area contributed by atoms with Gasteiger partial charge >= 0.3 is 0 Å². The largest absolute Gasteiger partial charge is 0.296 e. The van der Waals surface area contributed by atoms with Crippen molar-refractivity contribution >= 4 is 15.8 Å². The molecule has 2 N–H and O–H groups in total. The standard InChI is InChI=1S/C8H11NO5S/c1-2-14-15(12,13)8-5-3-7(4-6-8)9(10)11/h3-6,10-11H,2H2,1H3. The molecule has 84 valence electrons. The predicted molar refractivity (Wildman–Crippen MR) is 51.3 cm³/mol. The monoisotopic (exact) mass is 233 g/mol. The summed E-state index contributed by atoms with van der Waals surface area (Å²) >= 11 is 0. The summed E-state index contributed by atoms with van der Waals surface area (Å²) in [6, 6.07) is 4.93. The molecule has 0 atom stereocenters. The fraction of sp³-hybridized carbons (Fsp3) is 0.250. The van der Waals surface area contributed by atoms with Crippen molar-refractivity contribution in [3.05, 3.63) is 24.3 Å². The molecule has 0 aliphatic rings. The van der Waals surface area contributed by atoms with Crippen LogP contribution in [0.15, 0.2) is 29.2 Å². The third kappa shape index (κ3) is 2.90.